The number of rotatable bonds is 6. The number of aromatic nitrogens is 2. The molecule has 2 amide bonds. The second-order valence-corrected chi connectivity index (χ2v) is 9.86. The number of hydrogen-bond donors (Lipinski definition) is 3. The zero-order valence-corrected chi connectivity index (χ0v) is 22.7. The van der Waals surface area contributed by atoms with Gasteiger partial charge in [0, 0.05) is 15.9 Å². The van der Waals surface area contributed by atoms with Crippen LogP contribution in [-0.4, -0.2) is 28.7 Å². The molecule has 192 valence electrons. The van der Waals surface area contributed by atoms with Crippen LogP contribution in [0.3, 0.4) is 0 Å². The van der Waals surface area contributed by atoms with Crippen LogP contribution in [0, 0.1) is 6.92 Å². The van der Waals surface area contributed by atoms with Gasteiger partial charge in [-0.05, 0) is 61.4 Å². The highest BCUT2D eigenvalue weighted by atomic mass is 79.9. The molecule has 38 heavy (non-hydrogen) atoms. The van der Waals surface area contributed by atoms with Gasteiger partial charge in [-0.3, -0.25) is 9.59 Å². The number of hydrogen-bond acceptors (Lipinski definition) is 5. The normalized spacial score (nSPS) is 14.4. The Kier molecular flexibility index (Phi) is 7.02. The summed E-state index contributed by atoms with van der Waals surface area (Å²) in [6.45, 7) is 3.79. The van der Waals surface area contributed by atoms with E-state index in [0.29, 0.717) is 39.8 Å². The third-order valence-electron chi connectivity index (χ3n) is 6.33. The van der Waals surface area contributed by atoms with E-state index in [-0.39, 0.29) is 11.8 Å². The van der Waals surface area contributed by atoms with E-state index in [2.05, 4.69) is 37.0 Å². The first-order valence-corrected chi connectivity index (χ1v) is 12.8. The summed E-state index contributed by atoms with van der Waals surface area (Å²) in [5.41, 5.74) is 4.59. The Hall–Kier alpha value is -4.37. The average molecular weight is 572 g/mol. The molecule has 0 bridgehead atoms. The molecule has 9 heteroatoms. The molecule has 1 atom stereocenters. The fourth-order valence-electron chi connectivity index (χ4n) is 4.53. The van der Waals surface area contributed by atoms with E-state index >= 15 is 0 Å². The van der Waals surface area contributed by atoms with Gasteiger partial charge in [-0.25, -0.2) is 4.68 Å². The minimum Gasteiger partial charge on any atom is -0.495 e. The van der Waals surface area contributed by atoms with Crippen LogP contribution in [0.1, 0.15) is 34.5 Å². The number of carbonyl (C=O) groups is 2. The van der Waals surface area contributed by atoms with Crippen molar-refractivity contribution in [2.75, 3.05) is 23.1 Å². The summed E-state index contributed by atoms with van der Waals surface area (Å²) in [5.74, 6) is 0.459. The second kappa shape index (κ2) is 10.5. The summed E-state index contributed by atoms with van der Waals surface area (Å²) < 4.78 is 8.00. The van der Waals surface area contributed by atoms with Crippen LogP contribution in [0.25, 0.3) is 0 Å². The number of methoxy groups -OCH3 is 1. The first kappa shape index (κ1) is 25.3. The van der Waals surface area contributed by atoms with Crippen LogP contribution in [0.2, 0.25) is 0 Å². The zero-order valence-electron chi connectivity index (χ0n) is 21.1. The number of ether oxygens (including phenoxy) is 1. The lowest BCUT2D eigenvalue weighted by Crippen LogP contribution is -2.32. The quantitative estimate of drug-likeness (QED) is 0.258. The summed E-state index contributed by atoms with van der Waals surface area (Å²) in [5, 5.41) is 13.8. The predicted octanol–water partition coefficient (Wildman–Crippen LogP) is 6.14. The van der Waals surface area contributed by atoms with Gasteiger partial charge in [0.25, 0.3) is 11.8 Å². The third kappa shape index (κ3) is 4.92. The molecule has 0 saturated carbocycles. The SMILES string of the molecule is COc1ccccc1NC(=O)C1=C(C)Nc2c(C(=O)Nc3cccc(C)c3)cnn2[C@H]1c1ccc(Br)cc1. The summed E-state index contributed by atoms with van der Waals surface area (Å²) in [6.07, 6.45) is 1.52. The average Bonchev–Trinajstić information content (AvgIpc) is 3.32. The van der Waals surface area contributed by atoms with E-state index in [1.54, 1.807) is 23.9 Å². The van der Waals surface area contributed by atoms with E-state index in [4.69, 9.17) is 4.74 Å². The van der Waals surface area contributed by atoms with Gasteiger partial charge in [0.1, 0.15) is 23.2 Å². The summed E-state index contributed by atoms with van der Waals surface area (Å²) in [7, 11) is 1.56. The Labute approximate surface area is 228 Å². The van der Waals surface area contributed by atoms with Crippen LogP contribution >= 0.6 is 15.9 Å². The Morgan fingerprint density at radius 1 is 0.974 bits per heavy atom. The highest BCUT2D eigenvalue weighted by Gasteiger charge is 2.35. The van der Waals surface area contributed by atoms with Crippen molar-refractivity contribution in [2.45, 2.75) is 19.9 Å². The van der Waals surface area contributed by atoms with Crippen LogP contribution in [0.15, 0.2) is 94.7 Å². The van der Waals surface area contributed by atoms with Gasteiger partial charge in [-0.15, -0.1) is 0 Å². The monoisotopic (exact) mass is 571 g/mol. The van der Waals surface area contributed by atoms with Gasteiger partial charge >= 0.3 is 0 Å². The Balaban J connectivity index is 1.54. The highest BCUT2D eigenvalue weighted by molar-refractivity contribution is 9.10. The van der Waals surface area contributed by atoms with Crippen LogP contribution in [-0.2, 0) is 4.79 Å². The number of nitrogens with one attached hydrogen (secondary N) is 3. The number of amides is 2. The van der Waals surface area contributed by atoms with E-state index in [0.717, 1.165) is 15.6 Å². The Morgan fingerprint density at radius 3 is 2.47 bits per heavy atom. The lowest BCUT2D eigenvalue weighted by atomic mass is 9.94. The molecule has 0 spiro atoms. The van der Waals surface area contributed by atoms with E-state index in [1.807, 2.05) is 74.5 Å². The molecule has 0 radical (unpaired) electrons. The molecule has 2 heterocycles. The summed E-state index contributed by atoms with van der Waals surface area (Å²) in [4.78, 5) is 27.0. The van der Waals surface area contributed by atoms with Crippen molar-refractivity contribution in [3.8, 4) is 5.75 Å². The number of para-hydroxylation sites is 2. The topological polar surface area (TPSA) is 97.3 Å². The molecule has 1 aliphatic heterocycles. The maximum Gasteiger partial charge on any atom is 0.261 e. The van der Waals surface area contributed by atoms with Crippen molar-refractivity contribution in [3.05, 3.63) is 111 Å². The van der Waals surface area contributed by atoms with Crippen molar-refractivity contribution < 1.29 is 14.3 Å². The number of aryl methyl sites for hydroxylation is 1. The number of fused-ring (bicyclic) bond motifs is 1. The molecule has 4 aromatic rings. The van der Waals surface area contributed by atoms with Crippen molar-refractivity contribution in [2.24, 2.45) is 0 Å². The lowest BCUT2D eigenvalue weighted by Gasteiger charge is -2.30. The molecular weight excluding hydrogens is 546 g/mol. The third-order valence-corrected chi connectivity index (χ3v) is 6.86. The van der Waals surface area contributed by atoms with E-state index in [1.165, 1.54) is 6.20 Å². The van der Waals surface area contributed by atoms with Gasteiger partial charge < -0.3 is 20.7 Å². The Bertz CT molecular complexity index is 1560. The molecule has 1 aromatic heterocycles. The Morgan fingerprint density at radius 2 is 1.74 bits per heavy atom. The zero-order chi connectivity index (χ0) is 26.8. The second-order valence-electron chi connectivity index (χ2n) is 8.95. The van der Waals surface area contributed by atoms with Gasteiger partial charge in [-0.2, -0.15) is 5.10 Å². The van der Waals surface area contributed by atoms with E-state index < -0.39 is 6.04 Å². The van der Waals surface area contributed by atoms with Gasteiger partial charge in [0.2, 0.25) is 0 Å². The number of anilines is 3. The molecule has 3 N–H and O–H groups in total. The first-order valence-electron chi connectivity index (χ1n) is 12.0. The van der Waals surface area contributed by atoms with Crippen molar-refractivity contribution >= 4 is 44.9 Å². The van der Waals surface area contributed by atoms with Crippen molar-refractivity contribution in [3.63, 3.8) is 0 Å². The summed E-state index contributed by atoms with van der Waals surface area (Å²) in [6, 6.07) is 21.9. The van der Waals surface area contributed by atoms with Crippen LogP contribution in [0.4, 0.5) is 17.2 Å². The molecule has 8 nitrogen and oxygen atoms in total. The maximum atomic E-state index is 13.7. The van der Waals surface area contributed by atoms with E-state index in [9.17, 15) is 9.59 Å². The van der Waals surface area contributed by atoms with Crippen LogP contribution < -0.4 is 20.7 Å². The molecule has 3 aromatic carbocycles. The van der Waals surface area contributed by atoms with Gasteiger partial charge in [0.15, 0.2) is 0 Å². The predicted molar refractivity (Wildman–Crippen MR) is 152 cm³/mol. The molecule has 0 aliphatic carbocycles. The minimum absolute atomic E-state index is 0.298. The fourth-order valence-corrected chi connectivity index (χ4v) is 4.79. The van der Waals surface area contributed by atoms with Gasteiger partial charge in [-0.1, -0.05) is 52.3 Å². The van der Waals surface area contributed by atoms with Gasteiger partial charge in [0.05, 0.1) is 24.6 Å². The standard InChI is InChI=1S/C29H26BrN5O3/c1-17-7-6-8-21(15-17)33-28(36)22-16-31-35-26(19-11-13-20(30)14-12-19)25(18(2)32-27(22)35)29(37)34-23-9-4-5-10-24(23)38-3/h4-16,26,32H,1-3H3,(H,33,36)(H,34,37)/t26-/m0/s1. The first-order chi connectivity index (χ1) is 18.4. The number of allylic oxidation sites excluding steroid dienone is 1. The largest absolute Gasteiger partial charge is 0.495 e. The smallest absolute Gasteiger partial charge is 0.261 e. The van der Waals surface area contributed by atoms with Crippen molar-refractivity contribution in [1.82, 2.24) is 9.78 Å². The molecule has 0 fully saturated rings. The molecule has 5 rings (SSSR count). The molecule has 0 saturated heterocycles. The van der Waals surface area contributed by atoms with Crippen molar-refractivity contribution in [1.29, 1.82) is 0 Å². The molecule has 0 unspecified atom stereocenters. The minimum atomic E-state index is -0.574. The fraction of sp³-hybridized carbons (Fsp3) is 0.138. The number of benzene rings is 3. The number of nitrogens with zero attached hydrogens (tertiary/aromatic N) is 2. The molecule has 1 aliphatic rings. The molecular formula is C29H26BrN5O3. The lowest BCUT2D eigenvalue weighted by molar-refractivity contribution is -0.113. The highest BCUT2D eigenvalue weighted by Crippen LogP contribution is 2.38. The van der Waals surface area contributed by atoms with Crippen LogP contribution in [0.5, 0.6) is 5.75 Å². The summed E-state index contributed by atoms with van der Waals surface area (Å²) >= 11 is 3.48. The maximum absolute atomic E-state index is 13.7. The number of halogens is 1. The number of carbonyl (C=O) groups excluding carboxylic acids is 2.